The van der Waals surface area contributed by atoms with E-state index >= 15 is 0 Å². The van der Waals surface area contributed by atoms with Crippen molar-refractivity contribution in [3.8, 4) is 0 Å². The van der Waals surface area contributed by atoms with Crippen molar-refractivity contribution in [3.05, 3.63) is 12.4 Å². The number of alkyl halides is 1. The van der Waals surface area contributed by atoms with Gasteiger partial charge >= 0.3 is 0 Å². The molecule has 0 saturated heterocycles. The van der Waals surface area contributed by atoms with Crippen LogP contribution in [0.1, 0.15) is 0 Å². The Morgan fingerprint density at radius 3 is 2.20 bits per heavy atom. The molecule has 0 amide bonds. The lowest BCUT2D eigenvalue weighted by molar-refractivity contribution is 0.648. The molecule has 30 valence electrons. The Balaban J connectivity index is 2.85. The minimum absolute atomic E-state index is 0.0833. The Morgan fingerprint density at radius 1 is 2.00 bits per heavy atom. The average Bonchev–Trinajstić information content (AvgIpc) is 1.38. The van der Waals surface area contributed by atoms with Gasteiger partial charge in [0.15, 0.2) is 0 Å². The van der Waals surface area contributed by atoms with Gasteiger partial charge in [0.25, 0.3) is 0 Å². The summed E-state index contributed by atoms with van der Waals surface area (Å²) >= 11 is 4.86. The van der Waals surface area contributed by atoms with Crippen molar-refractivity contribution in [1.29, 1.82) is 0 Å². The fraction of sp³-hybridized carbons (Fsp3) is 0.333. The van der Waals surface area contributed by atoms with Crippen molar-refractivity contribution in [3.63, 3.8) is 0 Å². The predicted octanol–water partition coefficient (Wildman–Crippen LogP) is 1.71. The lowest BCUT2D eigenvalue weighted by atomic mass is 10.7. The molecule has 0 bridgehead atoms. The lowest BCUT2D eigenvalue weighted by Crippen LogP contribution is -1.62. The average molecular weight is 94.5 g/mol. The second-order valence-corrected chi connectivity index (χ2v) is 0.918. The molecule has 5 heavy (non-hydrogen) atoms. The number of hydrogen-bond acceptors (Lipinski definition) is 0. The van der Waals surface area contributed by atoms with Crippen molar-refractivity contribution in [2.24, 2.45) is 0 Å². The van der Waals surface area contributed by atoms with E-state index in [9.17, 15) is 4.39 Å². The van der Waals surface area contributed by atoms with Gasteiger partial charge in [-0.05, 0) is 0 Å². The van der Waals surface area contributed by atoms with E-state index in [-0.39, 0.29) is 5.88 Å². The summed E-state index contributed by atoms with van der Waals surface area (Å²) in [6.45, 7) is 2.88. The Hall–Kier alpha value is -0.0400. The third-order valence-corrected chi connectivity index (χ3v) is 0.435. The predicted molar refractivity (Wildman–Crippen MR) is 21.0 cm³/mol. The zero-order chi connectivity index (χ0) is 4.28. The molecule has 0 unspecified atom stereocenters. The third-order valence-electron chi connectivity index (χ3n) is 0.145. The normalized spacial score (nSPS) is 7.60. The van der Waals surface area contributed by atoms with Crippen molar-refractivity contribution < 1.29 is 4.39 Å². The fourth-order valence-electron chi connectivity index (χ4n) is 0. The molecular weight excluding hydrogens is 90.5 g/mol. The summed E-state index contributed by atoms with van der Waals surface area (Å²) in [6, 6.07) is 0. The number of halogens is 2. The van der Waals surface area contributed by atoms with Crippen LogP contribution in [0.4, 0.5) is 4.39 Å². The first-order valence-corrected chi connectivity index (χ1v) is 1.70. The SMILES string of the molecule is C=C(F)CCl. The first-order chi connectivity index (χ1) is 2.27. The van der Waals surface area contributed by atoms with E-state index < -0.39 is 5.83 Å². The zero-order valence-corrected chi connectivity index (χ0v) is 3.43. The molecule has 0 aromatic carbocycles. The lowest BCUT2D eigenvalue weighted by Gasteiger charge is -1.72. The molecule has 0 aliphatic carbocycles. The van der Waals surface area contributed by atoms with Gasteiger partial charge in [0.05, 0.1) is 5.88 Å². The van der Waals surface area contributed by atoms with Crippen LogP contribution in [0.2, 0.25) is 0 Å². The molecule has 0 N–H and O–H groups in total. The first-order valence-electron chi connectivity index (χ1n) is 1.16. The summed E-state index contributed by atoms with van der Waals surface area (Å²) in [6.07, 6.45) is 0. The van der Waals surface area contributed by atoms with Gasteiger partial charge in [0, 0.05) is 0 Å². The summed E-state index contributed by atoms with van der Waals surface area (Å²) in [7, 11) is 0. The standard InChI is InChI=1S/C3H4ClF/c1-3(5)2-4/h1-2H2. The molecule has 0 aliphatic rings. The molecule has 0 atom stereocenters. The van der Waals surface area contributed by atoms with Gasteiger partial charge in [0.2, 0.25) is 0 Å². The fourth-order valence-corrected chi connectivity index (χ4v) is 0. The van der Waals surface area contributed by atoms with Gasteiger partial charge in [-0.3, -0.25) is 0 Å². The van der Waals surface area contributed by atoms with Crippen LogP contribution in [0.15, 0.2) is 12.4 Å². The molecule has 2 heteroatoms. The van der Waals surface area contributed by atoms with Crippen molar-refractivity contribution in [2.45, 2.75) is 0 Å². The number of hydrogen-bond donors (Lipinski definition) is 0. The number of allylic oxidation sites excluding steroid dienone is 1. The van der Waals surface area contributed by atoms with Gasteiger partial charge in [-0.25, -0.2) is 4.39 Å². The highest BCUT2D eigenvalue weighted by Gasteiger charge is 1.76. The van der Waals surface area contributed by atoms with Crippen LogP contribution in [0.25, 0.3) is 0 Å². The first kappa shape index (κ1) is 4.96. The molecule has 0 fully saturated rings. The van der Waals surface area contributed by atoms with E-state index in [0.29, 0.717) is 0 Å². The molecule has 0 aromatic heterocycles. The third kappa shape index (κ3) is 3.96. The van der Waals surface area contributed by atoms with Gasteiger partial charge in [-0.1, -0.05) is 6.58 Å². The highest BCUT2D eigenvalue weighted by molar-refractivity contribution is 6.19. The topological polar surface area (TPSA) is 0 Å². The Bertz CT molecular complexity index is 42.2. The van der Waals surface area contributed by atoms with E-state index in [1.807, 2.05) is 0 Å². The Kier molecular flexibility index (Phi) is 2.19. The summed E-state index contributed by atoms with van der Waals surface area (Å²) in [5.74, 6) is -0.563. The zero-order valence-electron chi connectivity index (χ0n) is 2.67. The van der Waals surface area contributed by atoms with E-state index in [4.69, 9.17) is 11.6 Å². The van der Waals surface area contributed by atoms with Crippen LogP contribution >= 0.6 is 11.6 Å². The maximum Gasteiger partial charge on any atom is 0.108 e. The Labute approximate surface area is 35.2 Å². The van der Waals surface area contributed by atoms with Crippen molar-refractivity contribution >= 4 is 11.6 Å². The van der Waals surface area contributed by atoms with E-state index in [1.54, 1.807) is 0 Å². The van der Waals surface area contributed by atoms with Crippen LogP contribution < -0.4 is 0 Å². The van der Waals surface area contributed by atoms with Gasteiger partial charge in [0.1, 0.15) is 5.83 Å². The molecule has 0 radical (unpaired) electrons. The molecule has 0 rings (SSSR count). The maximum absolute atomic E-state index is 11.1. The molecule has 0 saturated carbocycles. The maximum atomic E-state index is 11.1. The minimum atomic E-state index is -0.480. The molecule has 0 aliphatic heterocycles. The van der Waals surface area contributed by atoms with Crippen LogP contribution in [-0.2, 0) is 0 Å². The van der Waals surface area contributed by atoms with Crippen LogP contribution in [0.3, 0.4) is 0 Å². The highest BCUT2D eigenvalue weighted by Crippen LogP contribution is 1.90. The second-order valence-electron chi connectivity index (χ2n) is 0.651. The molecular formula is C3H4ClF. The summed E-state index contributed by atoms with van der Waals surface area (Å²) in [4.78, 5) is 0. The van der Waals surface area contributed by atoms with Crippen LogP contribution in [0, 0.1) is 0 Å². The van der Waals surface area contributed by atoms with Gasteiger partial charge < -0.3 is 0 Å². The largest absolute Gasteiger partial charge is 0.211 e. The molecule has 0 heterocycles. The molecule has 0 nitrogen and oxygen atoms in total. The minimum Gasteiger partial charge on any atom is -0.211 e. The summed E-state index contributed by atoms with van der Waals surface area (Å²) in [5.41, 5.74) is 0. The Morgan fingerprint density at radius 2 is 2.20 bits per heavy atom. The van der Waals surface area contributed by atoms with Crippen molar-refractivity contribution in [1.82, 2.24) is 0 Å². The molecule has 0 aromatic rings. The van der Waals surface area contributed by atoms with Gasteiger partial charge in [-0.2, -0.15) is 0 Å². The smallest absolute Gasteiger partial charge is 0.108 e. The summed E-state index contributed by atoms with van der Waals surface area (Å²) in [5, 5.41) is 0. The summed E-state index contributed by atoms with van der Waals surface area (Å²) < 4.78 is 11.1. The van der Waals surface area contributed by atoms with E-state index in [1.165, 1.54) is 0 Å². The van der Waals surface area contributed by atoms with E-state index in [0.717, 1.165) is 0 Å². The number of rotatable bonds is 1. The van der Waals surface area contributed by atoms with Crippen LogP contribution in [0.5, 0.6) is 0 Å². The van der Waals surface area contributed by atoms with Crippen molar-refractivity contribution in [2.75, 3.05) is 5.88 Å². The monoisotopic (exact) mass is 94.0 g/mol. The highest BCUT2D eigenvalue weighted by atomic mass is 35.5. The molecule has 0 spiro atoms. The quantitative estimate of drug-likeness (QED) is 0.434. The second kappa shape index (κ2) is 2.21. The van der Waals surface area contributed by atoms with Gasteiger partial charge in [-0.15, -0.1) is 11.6 Å². The van der Waals surface area contributed by atoms with E-state index in [2.05, 4.69) is 6.58 Å². The van der Waals surface area contributed by atoms with Crippen LogP contribution in [-0.4, -0.2) is 5.88 Å².